The summed E-state index contributed by atoms with van der Waals surface area (Å²) in [5, 5.41) is 16.6. The standard InChI is InChI=1S/C30H37N3O4S/c1-18(2)32-28(36)26-30-19(3)14-23(38-30)24(27(35)31-16-21-12-8-5-9-13-21)25(30)29(37)33(26)22(17-34)15-20-10-6-4-7-11-20/h4-13,18-19,22-26,34H,14-17H2,1-3H3,(H,31,35)(H,32,36)/t19?,22-,23-,24+,25+,26?,30?/m1/s1. The molecule has 8 heteroatoms. The molecule has 0 aliphatic carbocycles. The second-order valence-corrected chi connectivity index (χ2v) is 12.7. The zero-order chi connectivity index (χ0) is 27.0. The molecule has 3 fully saturated rings. The van der Waals surface area contributed by atoms with Gasteiger partial charge in [-0.25, -0.2) is 0 Å². The van der Waals surface area contributed by atoms with Gasteiger partial charge >= 0.3 is 0 Å². The summed E-state index contributed by atoms with van der Waals surface area (Å²) in [6.45, 7) is 6.05. The van der Waals surface area contributed by atoms with Gasteiger partial charge in [0.25, 0.3) is 0 Å². The van der Waals surface area contributed by atoms with Crippen molar-refractivity contribution >= 4 is 29.5 Å². The minimum Gasteiger partial charge on any atom is -0.394 e. The Kier molecular flexibility index (Phi) is 7.56. The number of thioether (sulfide) groups is 1. The van der Waals surface area contributed by atoms with Gasteiger partial charge in [-0.3, -0.25) is 14.4 Å². The number of hydrogen-bond acceptors (Lipinski definition) is 5. The minimum absolute atomic E-state index is 0.0204. The molecule has 3 unspecified atom stereocenters. The average Bonchev–Trinajstić information content (AvgIpc) is 3.50. The van der Waals surface area contributed by atoms with Gasteiger partial charge in [0.15, 0.2) is 0 Å². The van der Waals surface area contributed by atoms with Gasteiger partial charge in [0, 0.05) is 17.8 Å². The molecule has 2 bridgehead atoms. The van der Waals surface area contributed by atoms with Gasteiger partial charge in [-0.2, -0.15) is 0 Å². The Balaban J connectivity index is 1.49. The number of nitrogens with one attached hydrogen (secondary N) is 2. The van der Waals surface area contributed by atoms with Crippen molar-refractivity contribution in [1.29, 1.82) is 0 Å². The summed E-state index contributed by atoms with van der Waals surface area (Å²) in [5.41, 5.74) is 1.98. The third-order valence-electron chi connectivity index (χ3n) is 8.39. The quantitative estimate of drug-likeness (QED) is 0.459. The first-order valence-corrected chi connectivity index (χ1v) is 14.4. The number of rotatable bonds is 9. The molecule has 7 atom stereocenters. The number of aliphatic hydroxyl groups excluding tert-OH is 1. The van der Waals surface area contributed by atoms with E-state index in [0.29, 0.717) is 13.0 Å². The van der Waals surface area contributed by atoms with E-state index in [1.165, 1.54) is 0 Å². The number of benzene rings is 2. The van der Waals surface area contributed by atoms with Crippen LogP contribution in [0.5, 0.6) is 0 Å². The second-order valence-electron chi connectivity index (χ2n) is 11.2. The Hall–Kier alpha value is -2.84. The zero-order valence-electron chi connectivity index (χ0n) is 22.2. The Morgan fingerprint density at radius 2 is 1.68 bits per heavy atom. The van der Waals surface area contributed by atoms with E-state index >= 15 is 0 Å². The van der Waals surface area contributed by atoms with Crippen LogP contribution in [-0.2, 0) is 27.3 Å². The van der Waals surface area contributed by atoms with Crippen molar-refractivity contribution < 1.29 is 19.5 Å². The maximum Gasteiger partial charge on any atom is 0.244 e. The highest BCUT2D eigenvalue weighted by Crippen LogP contribution is 2.68. The third kappa shape index (κ3) is 4.51. The topological polar surface area (TPSA) is 98.7 Å². The SMILES string of the molecule is CC(C)NC(=O)C1N([C@@H](CO)Cc2ccccc2)C(=O)[C@@H]2[C@@H](C(=O)NCc3ccccc3)[C@H]3CC(C)C12S3. The van der Waals surface area contributed by atoms with Crippen LogP contribution in [0.1, 0.15) is 38.3 Å². The third-order valence-corrected chi connectivity index (χ3v) is 10.5. The summed E-state index contributed by atoms with van der Waals surface area (Å²) in [5.74, 6) is -1.56. The molecule has 0 saturated carbocycles. The minimum atomic E-state index is -0.750. The van der Waals surface area contributed by atoms with Crippen LogP contribution >= 0.6 is 11.8 Å². The van der Waals surface area contributed by atoms with Crippen LogP contribution in [-0.4, -0.2) is 62.5 Å². The number of hydrogen-bond donors (Lipinski definition) is 3. The molecule has 3 saturated heterocycles. The number of nitrogens with zero attached hydrogens (tertiary/aromatic N) is 1. The summed E-state index contributed by atoms with van der Waals surface area (Å²) < 4.78 is -0.709. The molecule has 5 rings (SSSR count). The predicted octanol–water partition coefficient (Wildman–Crippen LogP) is 2.77. The number of amides is 3. The average molecular weight is 536 g/mol. The molecule has 3 amide bonds. The van der Waals surface area contributed by atoms with E-state index in [9.17, 15) is 19.5 Å². The van der Waals surface area contributed by atoms with Crippen molar-refractivity contribution in [3.8, 4) is 0 Å². The van der Waals surface area contributed by atoms with Crippen LogP contribution in [0.25, 0.3) is 0 Å². The largest absolute Gasteiger partial charge is 0.394 e. The van der Waals surface area contributed by atoms with Gasteiger partial charge in [0.05, 0.1) is 29.2 Å². The zero-order valence-corrected chi connectivity index (χ0v) is 23.0. The van der Waals surface area contributed by atoms with Gasteiger partial charge in [0.1, 0.15) is 6.04 Å². The van der Waals surface area contributed by atoms with E-state index in [-0.39, 0.29) is 41.5 Å². The van der Waals surface area contributed by atoms with Crippen LogP contribution in [0.3, 0.4) is 0 Å². The molecule has 2 aromatic carbocycles. The fraction of sp³-hybridized carbons (Fsp3) is 0.500. The maximum absolute atomic E-state index is 14.3. The van der Waals surface area contributed by atoms with Crippen molar-refractivity contribution in [2.45, 2.75) is 68.3 Å². The van der Waals surface area contributed by atoms with E-state index in [1.54, 1.807) is 16.7 Å². The molecule has 1 spiro atoms. The lowest BCUT2D eigenvalue weighted by molar-refractivity contribution is -0.142. The van der Waals surface area contributed by atoms with Crippen molar-refractivity contribution in [2.24, 2.45) is 17.8 Å². The number of carbonyl (C=O) groups is 3. The Labute approximate surface area is 228 Å². The Bertz CT molecular complexity index is 1180. The molecule has 0 aromatic heterocycles. The Morgan fingerprint density at radius 3 is 2.29 bits per heavy atom. The monoisotopic (exact) mass is 535 g/mol. The van der Waals surface area contributed by atoms with Crippen LogP contribution in [0.4, 0.5) is 0 Å². The molecule has 202 valence electrons. The van der Waals surface area contributed by atoms with Gasteiger partial charge in [-0.15, -0.1) is 11.8 Å². The summed E-state index contributed by atoms with van der Waals surface area (Å²) in [6, 6.07) is 18.0. The van der Waals surface area contributed by atoms with Crippen molar-refractivity contribution in [2.75, 3.05) is 6.61 Å². The Morgan fingerprint density at radius 1 is 1.05 bits per heavy atom. The number of aliphatic hydroxyl groups is 1. The molecule has 3 heterocycles. The van der Waals surface area contributed by atoms with E-state index in [0.717, 1.165) is 17.5 Å². The normalized spacial score (nSPS) is 30.4. The first-order valence-electron chi connectivity index (χ1n) is 13.5. The molecular weight excluding hydrogens is 498 g/mol. The molecule has 7 nitrogen and oxygen atoms in total. The van der Waals surface area contributed by atoms with Gasteiger partial charge in [-0.05, 0) is 43.7 Å². The number of fused-ring (bicyclic) bond motifs is 1. The molecule has 0 radical (unpaired) electrons. The fourth-order valence-electron chi connectivity index (χ4n) is 6.86. The lowest BCUT2D eigenvalue weighted by Gasteiger charge is -2.40. The maximum atomic E-state index is 14.3. The molecule has 3 aliphatic heterocycles. The summed E-state index contributed by atoms with van der Waals surface area (Å²) in [6.07, 6.45) is 1.21. The van der Waals surface area contributed by atoms with E-state index in [2.05, 4.69) is 17.6 Å². The highest BCUT2D eigenvalue weighted by Gasteiger charge is 2.76. The highest BCUT2D eigenvalue weighted by molar-refractivity contribution is 8.02. The number of carbonyl (C=O) groups excluding carboxylic acids is 3. The summed E-state index contributed by atoms with van der Waals surface area (Å²) in [7, 11) is 0. The van der Waals surface area contributed by atoms with E-state index in [1.807, 2.05) is 74.5 Å². The second kappa shape index (κ2) is 10.7. The molecular formula is C30H37N3O4S. The summed E-state index contributed by atoms with van der Waals surface area (Å²) in [4.78, 5) is 43.5. The van der Waals surface area contributed by atoms with E-state index < -0.39 is 28.7 Å². The molecule has 38 heavy (non-hydrogen) atoms. The van der Waals surface area contributed by atoms with E-state index in [4.69, 9.17) is 0 Å². The molecule has 3 aliphatic rings. The summed E-state index contributed by atoms with van der Waals surface area (Å²) >= 11 is 1.66. The van der Waals surface area contributed by atoms with Gasteiger partial charge < -0.3 is 20.6 Å². The smallest absolute Gasteiger partial charge is 0.244 e. The lowest BCUT2D eigenvalue weighted by Crippen LogP contribution is -2.59. The van der Waals surface area contributed by atoms with Crippen molar-refractivity contribution in [1.82, 2.24) is 15.5 Å². The van der Waals surface area contributed by atoms with Crippen LogP contribution in [0, 0.1) is 17.8 Å². The van der Waals surface area contributed by atoms with Gasteiger partial charge in [0.2, 0.25) is 17.7 Å². The number of likely N-dealkylation sites (tertiary alicyclic amines) is 1. The van der Waals surface area contributed by atoms with Crippen molar-refractivity contribution in [3.05, 3.63) is 71.8 Å². The highest BCUT2D eigenvalue weighted by atomic mass is 32.2. The molecule has 2 aromatic rings. The fourth-order valence-corrected chi connectivity index (χ4v) is 9.26. The lowest BCUT2D eigenvalue weighted by atomic mass is 9.66. The van der Waals surface area contributed by atoms with Crippen LogP contribution in [0.2, 0.25) is 0 Å². The molecule has 3 N–H and O–H groups in total. The predicted molar refractivity (Wildman–Crippen MR) is 148 cm³/mol. The van der Waals surface area contributed by atoms with Crippen molar-refractivity contribution in [3.63, 3.8) is 0 Å². The van der Waals surface area contributed by atoms with Crippen LogP contribution in [0.15, 0.2) is 60.7 Å². The first-order chi connectivity index (χ1) is 18.3. The van der Waals surface area contributed by atoms with Crippen LogP contribution < -0.4 is 10.6 Å². The van der Waals surface area contributed by atoms with Gasteiger partial charge in [-0.1, -0.05) is 67.6 Å². The first kappa shape index (κ1) is 26.8.